The fourth-order valence-corrected chi connectivity index (χ4v) is 4.28. The minimum absolute atomic E-state index is 0.112. The lowest BCUT2D eigenvalue weighted by Crippen LogP contribution is -2.30. The van der Waals surface area contributed by atoms with E-state index in [-0.39, 0.29) is 23.5 Å². The molecule has 0 aliphatic heterocycles. The first-order valence-electron chi connectivity index (χ1n) is 13.1. The minimum Gasteiger partial charge on any atom is -0.497 e. The third kappa shape index (κ3) is 6.89. The van der Waals surface area contributed by atoms with Crippen LogP contribution in [0.1, 0.15) is 19.5 Å². The van der Waals surface area contributed by atoms with Crippen LogP contribution >= 0.6 is 0 Å². The van der Waals surface area contributed by atoms with Gasteiger partial charge in [-0.3, -0.25) is 14.2 Å². The van der Waals surface area contributed by atoms with Gasteiger partial charge in [-0.25, -0.2) is 9.97 Å². The fraction of sp³-hybridized carbons (Fsp3) is 0.267. The molecule has 1 aromatic carbocycles. The van der Waals surface area contributed by atoms with Crippen LogP contribution in [0.5, 0.6) is 11.5 Å². The van der Waals surface area contributed by atoms with Crippen LogP contribution in [0.15, 0.2) is 65.1 Å². The molecule has 0 atom stereocenters. The highest BCUT2D eigenvalue weighted by atomic mass is 16.5. The summed E-state index contributed by atoms with van der Waals surface area (Å²) in [6, 6.07) is 14.0. The Labute approximate surface area is 242 Å². The molecule has 0 saturated heterocycles. The number of carbonyl (C=O) groups excluding carboxylic acids is 1. The van der Waals surface area contributed by atoms with Crippen molar-refractivity contribution in [3.8, 4) is 28.7 Å². The molecule has 0 aliphatic rings. The monoisotopic (exact) mass is 568 g/mol. The first-order chi connectivity index (χ1) is 20.0. The van der Waals surface area contributed by atoms with Gasteiger partial charge in [-0.05, 0) is 55.8 Å². The summed E-state index contributed by atoms with van der Waals surface area (Å²) in [7, 11) is 4.79. The van der Waals surface area contributed by atoms with Crippen LogP contribution in [-0.4, -0.2) is 52.2 Å². The molecule has 3 aromatic heterocycles. The number of methoxy groups -OCH3 is 2. The first kappa shape index (κ1) is 29.7. The topological polar surface area (TPSA) is 170 Å². The van der Waals surface area contributed by atoms with Gasteiger partial charge in [-0.15, -0.1) is 0 Å². The molecule has 0 spiro atoms. The number of nitrogens with zero attached hydrogens (tertiary/aromatic N) is 5. The number of nitriles is 1. The summed E-state index contributed by atoms with van der Waals surface area (Å²) in [6.45, 7) is 3.61. The molecule has 42 heavy (non-hydrogen) atoms. The van der Waals surface area contributed by atoms with Crippen molar-refractivity contribution in [2.75, 3.05) is 31.9 Å². The van der Waals surface area contributed by atoms with E-state index >= 15 is 0 Å². The van der Waals surface area contributed by atoms with Gasteiger partial charge in [-0.2, -0.15) is 10.2 Å². The van der Waals surface area contributed by atoms with E-state index in [1.165, 1.54) is 6.08 Å². The van der Waals surface area contributed by atoms with Gasteiger partial charge in [-0.1, -0.05) is 6.07 Å². The Morgan fingerprint density at radius 3 is 2.48 bits per heavy atom. The number of carbonyl (C=O) groups is 1. The lowest BCUT2D eigenvalue weighted by molar-refractivity contribution is -0.112. The zero-order chi connectivity index (χ0) is 30.4. The van der Waals surface area contributed by atoms with E-state index in [1.807, 2.05) is 6.07 Å². The third-order valence-corrected chi connectivity index (χ3v) is 6.23. The maximum atomic E-state index is 13.9. The van der Waals surface area contributed by atoms with Crippen LogP contribution in [0, 0.1) is 11.3 Å². The van der Waals surface area contributed by atoms with Gasteiger partial charge >= 0.3 is 0 Å². The molecule has 4 rings (SSSR count). The zero-order valence-corrected chi connectivity index (χ0v) is 24.1. The Balaban J connectivity index is 1.70. The summed E-state index contributed by atoms with van der Waals surface area (Å²) in [5.74, 6) is 1.12. The van der Waals surface area contributed by atoms with Crippen LogP contribution < -0.4 is 31.4 Å². The van der Waals surface area contributed by atoms with Crippen molar-refractivity contribution in [3.05, 3.63) is 76.4 Å². The van der Waals surface area contributed by atoms with Gasteiger partial charge in [0.05, 0.1) is 14.2 Å². The second kappa shape index (κ2) is 12.5. The Hall–Kier alpha value is -5.28. The average Bonchev–Trinajstić information content (AvgIpc) is 2.98. The first-order valence-corrected chi connectivity index (χ1v) is 13.1. The zero-order valence-electron chi connectivity index (χ0n) is 24.1. The number of nitrogens with two attached hydrogens (primary N) is 1. The normalized spacial score (nSPS) is 11.6. The molecule has 3 heterocycles. The Morgan fingerprint density at radius 1 is 1.14 bits per heavy atom. The van der Waals surface area contributed by atoms with Crippen molar-refractivity contribution in [1.82, 2.24) is 19.5 Å². The molecule has 4 N–H and O–H groups in total. The summed E-state index contributed by atoms with van der Waals surface area (Å²) >= 11 is 0. The maximum absolute atomic E-state index is 13.9. The number of nitrogens with one attached hydrogen (secondary N) is 2. The van der Waals surface area contributed by atoms with E-state index in [0.717, 1.165) is 0 Å². The molecule has 0 unspecified atom stereocenters. The quantitative estimate of drug-likeness (QED) is 0.191. The number of benzene rings is 1. The van der Waals surface area contributed by atoms with Crippen LogP contribution in [0.25, 0.3) is 22.2 Å². The highest BCUT2D eigenvalue weighted by Gasteiger charge is 2.17. The van der Waals surface area contributed by atoms with E-state index < -0.39 is 11.4 Å². The van der Waals surface area contributed by atoms with Gasteiger partial charge in [0.1, 0.15) is 34.6 Å². The Morgan fingerprint density at radius 2 is 1.86 bits per heavy atom. The largest absolute Gasteiger partial charge is 0.497 e. The molecule has 216 valence electrons. The number of hydrogen-bond donors (Lipinski definition) is 3. The van der Waals surface area contributed by atoms with E-state index in [1.54, 1.807) is 88.3 Å². The third-order valence-electron chi connectivity index (χ3n) is 6.23. The molecule has 0 fully saturated rings. The minimum atomic E-state index is -0.838. The smallest absolute Gasteiger partial charge is 0.267 e. The van der Waals surface area contributed by atoms with Crippen LogP contribution in [-0.2, 0) is 17.8 Å². The van der Waals surface area contributed by atoms with Crippen molar-refractivity contribution in [1.29, 1.82) is 5.26 Å². The van der Waals surface area contributed by atoms with Crippen molar-refractivity contribution in [2.45, 2.75) is 32.4 Å². The number of aryl methyl sites for hydroxylation is 2. The fourth-order valence-electron chi connectivity index (χ4n) is 4.28. The lowest BCUT2D eigenvalue weighted by atomic mass is 10.0. The second-order valence-corrected chi connectivity index (χ2v) is 10.0. The summed E-state index contributed by atoms with van der Waals surface area (Å²) < 4.78 is 12.4. The molecule has 0 bridgehead atoms. The average molecular weight is 569 g/mol. The van der Waals surface area contributed by atoms with Gasteiger partial charge in [0.15, 0.2) is 0 Å². The number of rotatable bonds is 10. The summed E-state index contributed by atoms with van der Waals surface area (Å²) in [5, 5.41) is 15.6. The maximum Gasteiger partial charge on any atom is 0.267 e. The molecular weight excluding hydrogens is 536 g/mol. The number of hydrogen-bond acceptors (Lipinski definition) is 10. The van der Waals surface area contributed by atoms with Crippen molar-refractivity contribution < 1.29 is 14.3 Å². The van der Waals surface area contributed by atoms with Crippen molar-refractivity contribution in [2.24, 2.45) is 5.73 Å². The molecule has 0 aliphatic carbocycles. The number of fused-ring (bicyclic) bond motifs is 1. The van der Waals surface area contributed by atoms with E-state index in [2.05, 4.69) is 25.6 Å². The molecular formula is C30H32N8O4. The van der Waals surface area contributed by atoms with E-state index in [4.69, 9.17) is 15.2 Å². The Bertz CT molecular complexity index is 1740. The van der Waals surface area contributed by atoms with Gasteiger partial charge in [0.2, 0.25) is 5.95 Å². The highest BCUT2D eigenvalue weighted by Crippen LogP contribution is 2.29. The summed E-state index contributed by atoms with van der Waals surface area (Å²) in [4.78, 5) is 40.0. The predicted octanol–water partition coefficient (Wildman–Crippen LogP) is 3.28. The second-order valence-electron chi connectivity index (χ2n) is 10.0. The summed E-state index contributed by atoms with van der Waals surface area (Å²) in [6.07, 6.45) is 3.40. The van der Waals surface area contributed by atoms with Crippen molar-refractivity contribution in [3.63, 3.8) is 0 Å². The SMILES string of the molecule is CNc1ncc2cc(-c3cc(OC)cc(OC)c3)c(=O)n(CCc3cccc(NC(=O)/C(C#N)=C/C(C)(C)N)n3)c2n1. The lowest BCUT2D eigenvalue weighted by Gasteiger charge is -2.15. The number of pyridine rings is 2. The molecule has 0 radical (unpaired) electrons. The molecule has 12 nitrogen and oxygen atoms in total. The molecule has 1 amide bonds. The molecule has 12 heteroatoms. The number of ether oxygens (including phenoxy) is 2. The van der Waals surface area contributed by atoms with Crippen LogP contribution in [0.2, 0.25) is 0 Å². The predicted molar refractivity (Wildman–Crippen MR) is 160 cm³/mol. The van der Waals surface area contributed by atoms with Crippen LogP contribution in [0.4, 0.5) is 11.8 Å². The van der Waals surface area contributed by atoms with Gasteiger partial charge < -0.3 is 25.8 Å². The van der Waals surface area contributed by atoms with E-state index in [0.29, 0.717) is 51.7 Å². The van der Waals surface area contributed by atoms with Crippen LogP contribution in [0.3, 0.4) is 0 Å². The standard InChI is InChI=1S/C30H32N8O4/c1-30(2,32)15-20(16-31)27(39)36-25-8-6-7-21(35-25)9-10-38-26-19(17-34-29(33-3)37-26)13-24(28(38)40)18-11-22(41-4)14-23(12-18)42-5/h6-8,11-15,17H,9-10,32H2,1-5H3,(H,33,34,37)(H,35,36,39)/b20-15+. The van der Waals surface area contributed by atoms with Gasteiger partial charge in [0, 0.05) is 54.5 Å². The Kier molecular flexibility index (Phi) is 8.83. The molecule has 4 aromatic rings. The number of aromatic nitrogens is 4. The van der Waals surface area contributed by atoms with E-state index in [9.17, 15) is 14.9 Å². The number of amides is 1. The number of anilines is 2. The molecule has 0 saturated carbocycles. The van der Waals surface area contributed by atoms with Crippen molar-refractivity contribution >= 4 is 28.7 Å². The summed E-state index contributed by atoms with van der Waals surface area (Å²) in [5.41, 5.74) is 6.83. The highest BCUT2D eigenvalue weighted by molar-refractivity contribution is 6.06. The van der Waals surface area contributed by atoms with Gasteiger partial charge in [0.25, 0.3) is 11.5 Å².